The molecule has 0 saturated carbocycles. The second kappa shape index (κ2) is 12.8. The molecule has 0 heterocycles. The Labute approximate surface area is 116 Å². The second-order valence-electron chi connectivity index (χ2n) is 3.91. The fourth-order valence-corrected chi connectivity index (χ4v) is 1.97. The van der Waals surface area contributed by atoms with Crippen LogP contribution in [0.5, 0.6) is 0 Å². The lowest BCUT2D eigenvalue weighted by Crippen LogP contribution is -2.22. The Morgan fingerprint density at radius 2 is 1.84 bits per heavy atom. The minimum atomic E-state index is -3.96. The summed E-state index contributed by atoms with van der Waals surface area (Å²) >= 11 is 0. The lowest BCUT2D eigenvalue weighted by atomic mass is 10.2. The van der Waals surface area contributed by atoms with Crippen LogP contribution in [0.15, 0.2) is 0 Å². The molecule has 0 radical (unpaired) electrons. The first kappa shape index (κ1) is 21.1. The zero-order chi connectivity index (χ0) is 13.9. The zero-order valence-corrected chi connectivity index (χ0v) is 12.7. The molecule has 19 heavy (non-hydrogen) atoms. The molecule has 118 valence electrons. The number of hydrogen-bond donors (Lipinski definition) is 2. The van der Waals surface area contributed by atoms with E-state index < -0.39 is 16.5 Å². The van der Waals surface area contributed by atoms with Gasteiger partial charge in [0.1, 0.15) is 0 Å². The maximum absolute atomic E-state index is 11.1. The van der Waals surface area contributed by atoms with Crippen molar-refractivity contribution in [2.75, 3.05) is 26.9 Å². The Balaban J connectivity index is 0. The van der Waals surface area contributed by atoms with Gasteiger partial charge in [0.05, 0.1) is 13.2 Å². The summed E-state index contributed by atoms with van der Waals surface area (Å²) in [5.74, 6) is 0. The van der Waals surface area contributed by atoms with Crippen molar-refractivity contribution >= 4 is 10.4 Å². The molecule has 0 spiro atoms. The van der Waals surface area contributed by atoms with Crippen LogP contribution in [0.3, 0.4) is 0 Å². The van der Waals surface area contributed by atoms with Crippen LogP contribution < -0.4 is 6.15 Å². The Morgan fingerprint density at radius 1 is 1.16 bits per heavy atom. The van der Waals surface area contributed by atoms with Gasteiger partial charge in [-0.1, -0.05) is 19.8 Å². The molecule has 0 bridgehead atoms. The monoisotopic (exact) mass is 301 g/mol. The van der Waals surface area contributed by atoms with Crippen LogP contribution in [-0.2, 0) is 23.5 Å². The van der Waals surface area contributed by atoms with E-state index >= 15 is 0 Å². The summed E-state index contributed by atoms with van der Waals surface area (Å²) in [6, 6.07) is 0. The summed E-state index contributed by atoms with van der Waals surface area (Å²) < 4.78 is 36.5. The molecule has 0 aromatic carbocycles. The van der Waals surface area contributed by atoms with Gasteiger partial charge in [-0.2, -0.15) is 8.42 Å². The van der Waals surface area contributed by atoms with Crippen LogP contribution in [0.25, 0.3) is 0 Å². The van der Waals surface area contributed by atoms with Crippen molar-refractivity contribution in [2.24, 2.45) is 0 Å². The number of aliphatic hydroxyl groups excluding tert-OH is 1. The van der Waals surface area contributed by atoms with Gasteiger partial charge in [0.25, 0.3) is 0 Å². The Kier molecular flexibility index (Phi) is 14.1. The van der Waals surface area contributed by atoms with Crippen LogP contribution in [0, 0.1) is 0 Å². The van der Waals surface area contributed by atoms with E-state index in [1.807, 2.05) is 0 Å². The van der Waals surface area contributed by atoms with E-state index in [1.165, 1.54) is 0 Å². The van der Waals surface area contributed by atoms with Crippen molar-refractivity contribution in [1.82, 2.24) is 6.15 Å². The summed E-state index contributed by atoms with van der Waals surface area (Å²) in [5.41, 5.74) is 0. The van der Waals surface area contributed by atoms with Crippen molar-refractivity contribution in [3.63, 3.8) is 0 Å². The van der Waals surface area contributed by atoms with Gasteiger partial charge < -0.3 is 16.0 Å². The fraction of sp³-hybridized carbons (Fsp3) is 1.00. The van der Waals surface area contributed by atoms with E-state index in [1.54, 1.807) is 0 Å². The predicted molar refractivity (Wildman–Crippen MR) is 72.5 cm³/mol. The first-order valence-electron chi connectivity index (χ1n) is 6.23. The molecule has 0 amide bonds. The maximum Gasteiger partial charge on any atom is 0.399 e. The lowest BCUT2D eigenvalue weighted by molar-refractivity contribution is 0.0736. The van der Waals surface area contributed by atoms with Gasteiger partial charge >= 0.3 is 10.4 Å². The summed E-state index contributed by atoms with van der Waals surface area (Å²) in [6.07, 6.45) is 3.29. The predicted octanol–water partition coefficient (Wildman–Crippen LogP) is 1.40. The summed E-state index contributed by atoms with van der Waals surface area (Å²) in [4.78, 5) is 0. The summed E-state index contributed by atoms with van der Waals surface area (Å²) in [6.45, 7) is 3.05. The molecule has 4 N–H and O–H groups in total. The van der Waals surface area contributed by atoms with Gasteiger partial charge in [0.15, 0.2) is 0 Å². The number of rotatable bonds is 12. The molecule has 0 aromatic heterocycles. The average Bonchev–Trinajstić information content (AvgIpc) is 2.33. The third-order valence-electron chi connectivity index (χ3n) is 2.39. The van der Waals surface area contributed by atoms with Gasteiger partial charge in [-0.15, -0.1) is 0 Å². The Bertz CT molecular complexity index is 283. The molecular formula is C11H27NO6S. The average molecular weight is 301 g/mol. The van der Waals surface area contributed by atoms with Gasteiger partial charge in [-0.05, 0) is 19.3 Å². The lowest BCUT2D eigenvalue weighted by Gasteiger charge is -2.15. The number of hydrogen-bond acceptors (Lipinski definition) is 7. The number of aliphatic hydroxyl groups is 1. The smallest absolute Gasteiger partial charge is 0.396 e. The maximum atomic E-state index is 11.1. The van der Waals surface area contributed by atoms with Gasteiger partial charge in [0.2, 0.25) is 0 Å². The third-order valence-corrected chi connectivity index (χ3v) is 3.30. The Morgan fingerprint density at radius 3 is 2.37 bits per heavy atom. The molecule has 0 fully saturated rings. The first-order chi connectivity index (χ1) is 8.55. The van der Waals surface area contributed by atoms with E-state index in [2.05, 4.69) is 11.1 Å². The molecule has 1 atom stereocenters. The van der Waals surface area contributed by atoms with Crippen molar-refractivity contribution in [2.45, 2.75) is 45.1 Å². The summed E-state index contributed by atoms with van der Waals surface area (Å²) in [7, 11) is -2.92. The van der Waals surface area contributed by atoms with Gasteiger partial charge in [-0.25, -0.2) is 4.18 Å². The molecule has 0 aromatic rings. The van der Waals surface area contributed by atoms with E-state index in [-0.39, 0.29) is 19.2 Å². The highest BCUT2D eigenvalue weighted by Gasteiger charge is 2.18. The molecule has 0 rings (SSSR count). The SMILES string of the molecule is CCCCCOCCC(CCO)OS(=O)(=O)OC.N. The Hall–Kier alpha value is -0.250. The minimum Gasteiger partial charge on any atom is -0.396 e. The second-order valence-corrected chi connectivity index (χ2v) is 5.26. The molecule has 0 aliphatic rings. The molecule has 8 heteroatoms. The molecule has 0 aliphatic heterocycles. The van der Waals surface area contributed by atoms with Gasteiger partial charge in [-0.3, -0.25) is 4.18 Å². The highest BCUT2D eigenvalue weighted by molar-refractivity contribution is 7.81. The van der Waals surface area contributed by atoms with E-state index in [0.717, 1.165) is 26.4 Å². The molecule has 0 aliphatic carbocycles. The van der Waals surface area contributed by atoms with Crippen LogP contribution in [-0.4, -0.2) is 46.6 Å². The number of unbranched alkanes of at least 4 members (excludes halogenated alkanes) is 2. The van der Waals surface area contributed by atoms with E-state index in [0.29, 0.717) is 19.6 Å². The largest absolute Gasteiger partial charge is 0.399 e. The molecule has 1 unspecified atom stereocenters. The van der Waals surface area contributed by atoms with Crippen LogP contribution in [0.2, 0.25) is 0 Å². The normalized spacial score (nSPS) is 13.0. The highest BCUT2D eigenvalue weighted by atomic mass is 32.3. The quantitative estimate of drug-likeness (QED) is 0.523. The van der Waals surface area contributed by atoms with Crippen LogP contribution >= 0.6 is 0 Å². The molecular weight excluding hydrogens is 274 g/mol. The van der Waals surface area contributed by atoms with Crippen molar-refractivity contribution in [1.29, 1.82) is 0 Å². The van der Waals surface area contributed by atoms with Gasteiger partial charge in [0, 0.05) is 19.8 Å². The van der Waals surface area contributed by atoms with E-state index in [4.69, 9.17) is 14.0 Å². The summed E-state index contributed by atoms with van der Waals surface area (Å²) in [5, 5.41) is 8.82. The van der Waals surface area contributed by atoms with Crippen molar-refractivity contribution in [3.8, 4) is 0 Å². The number of ether oxygens (including phenoxy) is 1. The molecule has 7 nitrogen and oxygen atoms in total. The minimum absolute atomic E-state index is 0. The fourth-order valence-electron chi connectivity index (χ4n) is 1.36. The highest BCUT2D eigenvalue weighted by Crippen LogP contribution is 2.09. The van der Waals surface area contributed by atoms with Crippen molar-refractivity contribution in [3.05, 3.63) is 0 Å². The topological polar surface area (TPSA) is 117 Å². The van der Waals surface area contributed by atoms with E-state index in [9.17, 15) is 8.42 Å². The standard InChI is InChI=1S/C11H24O6S.H3N/c1-3-4-5-9-16-10-7-11(6-8-12)17-18(13,14)15-2;/h11-12H,3-10H2,1-2H3;1H3. The van der Waals surface area contributed by atoms with Crippen LogP contribution in [0.4, 0.5) is 0 Å². The van der Waals surface area contributed by atoms with Crippen LogP contribution in [0.1, 0.15) is 39.0 Å². The molecule has 0 saturated heterocycles. The zero-order valence-electron chi connectivity index (χ0n) is 11.8. The van der Waals surface area contributed by atoms with Crippen molar-refractivity contribution < 1.29 is 26.6 Å². The first-order valence-corrected chi connectivity index (χ1v) is 7.56. The third kappa shape index (κ3) is 12.5.